The summed E-state index contributed by atoms with van der Waals surface area (Å²) < 4.78 is 25.9. The lowest BCUT2D eigenvalue weighted by atomic mass is 10.1. The summed E-state index contributed by atoms with van der Waals surface area (Å²) in [7, 11) is 7.89. The molecule has 9 aromatic heterocycles. The van der Waals surface area contributed by atoms with E-state index < -0.39 is 0 Å². The molecule has 0 bridgehead atoms. The lowest BCUT2D eigenvalue weighted by Gasteiger charge is -2.21. The number of fused-ring (bicyclic) bond motifs is 1. The average Bonchev–Trinajstić information content (AvgIpc) is 1.78. The van der Waals surface area contributed by atoms with Crippen molar-refractivity contribution in [1.29, 1.82) is 0 Å². The van der Waals surface area contributed by atoms with Crippen molar-refractivity contribution in [2.45, 2.75) is 130 Å². The van der Waals surface area contributed by atoms with Gasteiger partial charge in [-0.2, -0.15) is 0 Å². The number of hydrogen-bond donors (Lipinski definition) is 0. The highest BCUT2D eigenvalue weighted by molar-refractivity contribution is 5.93. The molecule has 0 radical (unpaired) electrons. The number of unbranched alkanes of at least 4 members (excludes halogenated alkanes) is 3. The van der Waals surface area contributed by atoms with Gasteiger partial charge in [0.25, 0.3) is 11.8 Å². The van der Waals surface area contributed by atoms with Crippen molar-refractivity contribution in [2.24, 2.45) is 28.2 Å². The summed E-state index contributed by atoms with van der Waals surface area (Å²) in [6.45, 7) is 10.2. The second-order valence-corrected chi connectivity index (χ2v) is 23.9. The number of para-hydroxylation sites is 2. The van der Waals surface area contributed by atoms with Crippen molar-refractivity contribution >= 4 is 22.8 Å². The lowest BCUT2D eigenvalue weighted by Crippen LogP contribution is -2.33. The predicted molar refractivity (Wildman–Crippen MR) is 377 cm³/mol. The van der Waals surface area contributed by atoms with Crippen molar-refractivity contribution in [3.05, 3.63) is 242 Å². The van der Waals surface area contributed by atoms with E-state index >= 15 is 0 Å². The van der Waals surface area contributed by atoms with E-state index in [9.17, 15) is 9.59 Å². The third-order valence-electron chi connectivity index (χ3n) is 16.2. The molecule has 0 aliphatic carbocycles. The van der Waals surface area contributed by atoms with Crippen molar-refractivity contribution in [2.75, 3.05) is 26.2 Å². The molecule has 12 rings (SSSR count). The molecular formula is C76H95N15O5. The smallest absolute Gasteiger partial charge is 0.276 e. The number of carbonyl (C=O) groups excluding carboxylic acids is 2. The monoisotopic (exact) mass is 1300 g/mol. The molecule has 0 unspecified atom stereocenters. The van der Waals surface area contributed by atoms with Crippen LogP contribution in [0.4, 0.5) is 0 Å². The van der Waals surface area contributed by atoms with Crippen LogP contribution in [-0.2, 0) is 73.3 Å². The maximum absolute atomic E-state index is 13.3. The van der Waals surface area contributed by atoms with Gasteiger partial charge in [0.15, 0.2) is 22.9 Å². The molecule has 3 aromatic carbocycles. The summed E-state index contributed by atoms with van der Waals surface area (Å²) in [5.41, 5.74) is 11.8. The number of nitrogens with zero attached hydrogens (tertiary/aromatic N) is 15. The zero-order valence-electron chi connectivity index (χ0n) is 57.1. The number of amides is 2. The first-order valence-corrected chi connectivity index (χ1v) is 33.7. The highest BCUT2D eigenvalue weighted by atomic mass is 16.5. The van der Waals surface area contributed by atoms with E-state index in [1.807, 2.05) is 185 Å². The van der Waals surface area contributed by atoms with Gasteiger partial charge in [-0.15, -0.1) is 0 Å². The van der Waals surface area contributed by atoms with Gasteiger partial charge in [0, 0.05) is 133 Å². The van der Waals surface area contributed by atoms with Crippen LogP contribution in [0.2, 0.25) is 0 Å². The lowest BCUT2D eigenvalue weighted by molar-refractivity contribution is 0.0733. The Morgan fingerprint density at radius 1 is 0.469 bits per heavy atom. The number of hydrogen-bond acceptors (Lipinski definition) is 13. The Morgan fingerprint density at radius 3 is 1.42 bits per heavy atom. The first kappa shape index (κ1) is 71.6. The first-order chi connectivity index (χ1) is 47.0. The number of pyridine rings is 1. The quantitative estimate of drug-likeness (QED) is 0.0428. The fourth-order valence-corrected chi connectivity index (χ4v) is 10.7. The van der Waals surface area contributed by atoms with E-state index in [0.717, 1.165) is 104 Å². The normalized spacial score (nSPS) is 10.8. The van der Waals surface area contributed by atoms with Crippen LogP contribution in [0, 0.1) is 0 Å². The van der Waals surface area contributed by atoms with E-state index in [4.69, 9.17) is 13.5 Å². The van der Waals surface area contributed by atoms with Gasteiger partial charge in [-0.1, -0.05) is 129 Å². The number of carbonyl (C=O) groups is 2. The standard InChI is InChI=1S/2C24H28N6O2.C11H14N2.C9H13N.C8H12O/c1-28-15-20(25-17-28)10-6-12-30(13-7-11-21-16-29(2)18-26-21)24(31)22-14-23(32-27-22)19-8-4-3-5-9-19;1-28-17-25-15-20(28)10-6-12-30(13-7-11-21-16-26-18-29(21)2)24(31)22-14-23(32-27-22)19-8-4-3-5-9-19;1-2-3-8-13-9-12-10-6-4-5-7-11(10)13;1-2-3-5-9-6-4-7-10-8-9;1-2-3-4-8-5-6-9-7-8/h2*3-5,8-9,14-18H,6-7,10-13H2,1-2H3;4-7,9H,2-3,8H2,1H3;4,6-8H,2-3,5H2,1H3;5-7H,2-4H2,1H3. The van der Waals surface area contributed by atoms with Gasteiger partial charge in [0.1, 0.15) is 0 Å². The van der Waals surface area contributed by atoms with Gasteiger partial charge >= 0.3 is 0 Å². The molecule has 2 amide bonds. The van der Waals surface area contributed by atoms with E-state index in [-0.39, 0.29) is 11.8 Å². The molecule has 504 valence electrons. The molecule has 0 aliphatic rings. The molecule has 9 heterocycles. The maximum Gasteiger partial charge on any atom is 0.276 e. The second kappa shape index (κ2) is 39.5. The van der Waals surface area contributed by atoms with E-state index in [0.29, 0.717) is 49.1 Å². The SMILES string of the molecule is CCCCc1cccnc1.CCCCc1ccoc1.CCCCn1cnc2ccccc21.Cn1cnc(CCCN(CCCc2cn(C)cn2)C(=O)c2cc(-c3ccccc3)on2)c1.Cn1cncc1CCCN(CCCc1cncn1C)C(=O)c1cc(-c2ccccc2)on1. The molecule has 0 atom stereocenters. The minimum atomic E-state index is -0.113. The Morgan fingerprint density at radius 2 is 0.969 bits per heavy atom. The van der Waals surface area contributed by atoms with Crippen LogP contribution in [0.1, 0.15) is 140 Å². The number of aryl methyl sites for hydroxylation is 11. The molecule has 0 fully saturated rings. The second-order valence-electron chi connectivity index (χ2n) is 23.9. The van der Waals surface area contributed by atoms with Crippen LogP contribution in [0.15, 0.2) is 210 Å². The Bertz CT molecular complexity index is 3970. The molecule has 96 heavy (non-hydrogen) atoms. The zero-order chi connectivity index (χ0) is 67.5. The van der Waals surface area contributed by atoms with Crippen LogP contribution in [0.3, 0.4) is 0 Å². The van der Waals surface area contributed by atoms with Crippen LogP contribution in [0.5, 0.6) is 0 Å². The first-order valence-electron chi connectivity index (χ1n) is 33.7. The largest absolute Gasteiger partial charge is 0.472 e. The van der Waals surface area contributed by atoms with Crippen LogP contribution in [0.25, 0.3) is 33.7 Å². The van der Waals surface area contributed by atoms with Crippen LogP contribution < -0.4 is 0 Å². The molecule has 0 saturated carbocycles. The van der Waals surface area contributed by atoms with E-state index in [1.54, 1.807) is 43.7 Å². The summed E-state index contributed by atoms with van der Waals surface area (Å²) in [4.78, 5) is 55.7. The maximum atomic E-state index is 13.3. The van der Waals surface area contributed by atoms with Gasteiger partial charge < -0.3 is 46.1 Å². The minimum absolute atomic E-state index is 0.106. The van der Waals surface area contributed by atoms with Crippen molar-refractivity contribution < 1.29 is 23.1 Å². The van der Waals surface area contributed by atoms with Crippen LogP contribution >= 0.6 is 0 Å². The molecule has 0 spiro atoms. The number of aromatic nitrogens is 13. The number of rotatable bonds is 29. The minimum Gasteiger partial charge on any atom is -0.472 e. The van der Waals surface area contributed by atoms with Gasteiger partial charge in [-0.25, -0.2) is 24.9 Å². The Labute approximate surface area is 565 Å². The molecule has 20 nitrogen and oxygen atoms in total. The summed E-state index contributed by atoms with van der Waals surface area (Å²) in [6, 6.07) is 37.2. The van der Waals surface area contributed by atoms with E-state index in [2.05, 4.69) is 89.8 Å². The average molecular weight is 1300 g/mol. The fourth-order valence-electron chi connectivity index (χ4n) is 10.7. The van der Waals surface area contributed by atoms with Crippen molar-refractivity contribution in [1.82, 2.24) is 72.9 Å². The predicted octanol–water partition coefficient (Wildman–Crippen LogP) is 14.9. The molecule has 20 heteroatoms. The Balaban J connectivity index is 0.000000170. The number of furan rings is 1. The van der Waals surface area contributed by atoms with Crippen molar-refractivity contribution in [3.63, 3.8) is 0 Å². The molecular weight excluding hydrogens is 1200 g/mol. The molecule has 0 aliphatic heterocycles. The third kappa shape index (κ3) is 23.3. The van der Waals surface area contributed by atoms with Crippen molar-refractivity contribution in [3.8, 4) is 22.6 Å². The van der Waals surface area contributed by atoms with Gasteiger partial charge in [0.05, 0.1) is 66.6 Å². The van der Waals surface area contributed by atoms with E-state index in [1.165, 1.54) is 61.6 Å². The summed E-state index contributed by atoms with van der Waals surface area (Å²) in [6.07, 6.45) is 40.7. The Kier molecular flexibility index (Phi) is 29.4. The highest BCUT2D eigenvalue weighted by Crippen LogP contribution is 2.23. The van der Waals surface area contributed by atoms with Gasteiger partial charge in [-0.3, -0.25) is 14.6 Å². The summed E-state index contributed by atoms with van der Waals surface area (Å²) >= 11 is 0. The highest BCUT2D eigenvalue weighted by Gasteiger charge is 2.23. The zero-order valence-corrected chi connectivity index (χ0v) is 57.1. The van der Waals surface area contributed by atoms with Gasteiger partial charge in [0.2, 0.25) is 0 Å². The Hall–Kier alpha value is -10.2. The third-order valence-corrected chi connectivity index (χ3v) is 16.2. The number of benzene rings is 3. The van der Waals surface area contributed by atoms with Gasteiger partial charge in [-0.05, 0) is 119 Å². The van der Waals surface area contributed by atoms with Crippen LogP contribution in [-0.4, -0.2) is 111 Å². The number of imidazole rings is 5. The molecule has 12 aromatic rings. The summed E-state index contributed by atoms with van der Waals surface area (Å²) in [5.74, 6) is 0.971. The fraction of sp³-hybridized carbons (Fsp3) is 0.368. The summed E-state index contributed by atoms with van der Waals surface area (Å²) in [5, 5.41) is 8.12. The molecule has 0 saturated heterocycles. The topological polar surface area (TPSA) is 208 Å². The molecule has 0 N–H and O–H groups in total.